The molecule has 0 radical (unpaired) electrons. The number of Topliss-reactive ketones (excluding diaryl/α,β-unsaturated/α-hetero) is 1. The van der Waals surface area contributed by atoms with Gasteiger partial charge >= 0.3 is 0 Å². The minimum atomic E-state index is 0.0642. The fourth-order valence-electron chi connectivity index (χ4n) is 1.68. The number of thiophene rings is 1. The molecule has 2 rings (SSSR count). The molecule has 1 heterocycles. The topological polar surface area (TPSA) is 26.3 Å². The van der Waals surface area contributed by atoms with E-state index in [0.29, 0.717) is 6.61 Å². The maximum absolute atomic E-state index is 11.9. The van der Waals surface area contributed by atoms with Gasteiger partial charge in [-0.05, 0) is 31.4 Å². The Morgan fingerprint density at radius 3 is 3.00 bits per heavy atom. The predicted molar refractivity (Wildman–Crippen MR) is 67.4 cm³/mol. The Kier molecular flexibility index (Phi) is 3.36. The summed E-state index contributed by atoms with van der Waals surface area (Å²) in [5.41, 5.74) is 0.782. The van der Waals surface area contributed by atoms with Crippen molar-refractivity contribution in [3.8, 4) is 0 Å². The number of aryl methyl sites for hydroxylation is 1. The second kappa shape index (κ2) is 4.76. The fraction of sp³-hybridized carbons (Fsp3) is 0.308. The predicted octanol–water partition coefficient (Wildman–Crippen LogP) is 3.43. The SMILES string of the molecule is CCOCC(=O)c1cccc2cc(C)sc12. The lowest BCUT2D eigenvalue weighted by atomic mass is 10.1. The molecule has 1 aromatic carbocycles. The van der Waals surface area contributed by atoms with Gasteiger partial charge in [0.05, 0.1) is 0 Å². The molecule has 1 aromatic heterocycles. The van der Waals surface area contributed by atoms with Gasteiger partial charge in [0.15, 0.2) is 5.78 Å². The van der Waals surface area contributed by atoms with Crippen LogP contribution in [0.1, 0.15) is 22.2 Å². The molecule has 0 bridgehead atoms. The molecule has 16 heavy (non-hydrogen) atoms. The Morgan fingerprint density at radius 2 is 2.25 bits per heavy atom. The summed E-state index contributed by atoms with van der Waals surface area (Å²) in [6.45, 7) is 4.70. The molecule has 0 N–H and O–H groups in total. The van der Waals surface area contributed by atoms with E-state index >= 15 is 0 Å². The molecule has 0 atom stereocenters. The van der Waals surface area contributed by atoms with E-state index in [1.54, 1.807) is 11.3 Å². The number of benzene rings is 1. The average Bonchev–Trinajstić information content (AvgIpc) is 2.65. The van der Waals surface area contributed by atoms with Gasteiger partial charge in [-0.15, -0.1) is 11.3 Å². The second-order valence-electron chi connectivity index (χ2n) is 3.64. The molecule has 2 aromatic rings. The van der Waals surface area contributed by atoms with Gasteiger partial charge in [-0.1, -0.05) is 12.1 Å². The first-order valence-corrected chi connectivity index (χ1v) is 6.14. The minimum Gasteiger partial charge on any atom is -0.374 e. The molecular formula is C13H14O2S. The summed E-state index contributed by atoms with van der Waals surface area (Å²) in [6, 6.07) is 7.95. The number of ether oxygens (including phenoxy) is 1. The highest BCUT2D eigenvalue weighted by Crippen LogP contribution is 2.28. The van der Waals surface area contributed by atoms with E-state index in [2.05, 4.69) is 13.0 Å². The number of rotatable bonds is 4. The van der Waals surface area contributed by atoms with Crippen LogP contribution in [-0.2, 0) is 4.74 Å². The number of fused-ring (bicyclic) bond motifs is 1. The van der Waals surface area contributed by atoms with Gasteiger partial charge in [-0.25, -0.2) is 0 Å². The van der Waals surface area contributed by atoms with Gasteiger partial charge in [0.25, 0.3) is 0 Å². The Balaban J connectivity index is 2.39. The molecule has 0 amide bonds. The van der Waals surface area contributed by atoms with E-state index in [0.717, 1.165) is 15.6 Å². The number of hydrogen-bond donors (Lipinski definition) is 0. The summed E-state index contributed by atoms with van der Waals surface area (Å²) < 4.78 is 6.23. The standard InChI is InChI=1S/C13H14O2S/c1-3-15-8-12(14)11-6-4-5-10-7-9(2)16-13(10)11/h4-7H,3,8H2,1-2H3. The third-order valence-electron chi connectivity index (χ3n) is 2.40. The molecule has 0 saturated heterocycles. The molecule has 0 aliphatic carbocycles. The van der Waals surface area contributed by atoms with Crippen LogP contribution in [0.25, 0.3) is 10.1 Å². The van der Waals surface area contributed by atoms with Gasteiger partial charge in [-0.2, -0.15) is 0 Å². The lowest BCUT2D eigenvalue weighted by Gasteiger charge is -2.02. The van der Waals surface area contributed by atoms with Crippen LogP contribution < -0.4 is 0 Å². The van der Waals surface area contributed by atoms with Crippen LogP contribution in [0.4, 0.5) is 0 Å². The zero-order valence-corrected chi connectivity index (χ0v) is 10.3. The minimum absolute atomic E-state index is 0.0642. The van der Waals surface area contributed by atoms with Crippen molar-refractivity contribution in [1.29, 1.82) is 0 Å². The first kappa shape index (κ1) is 11.3. The summed E-state index contributed by atoms with van der Waals surface area (Å²) >= 11 is 1.66. The van der Waals surface area contributed by atoms with Crippen molar-refractivity contribution >= 4 is 27.2 Å². The van der Waals surface area contributed by atoms with Gasteiger partial charge in [0, 0.05) is 21.7 Å². The van der Waals surface area contributed by atoms with E-state index in [9.17, 15) is 4.79 Å². The zero-order valence-electron chi connectivity index (χ0n) is 9.45. The number of carbonyl (C=O) groups is 1. The van der Waals surface area contributed by atoms with Crippen LogP contribution in [-0.4, -0.2) is 19.0 Å². The molecule has 0 fully saturated rings. The third kappa shape index (κ3) is 2.15. The number of hydrogen-bond acceptors (Lipinski definition) is 3. The van der Waals surface area contributed by atoms with Crippen LogP contribution in [0.5, 0.6) is 0 Å². The van der Waals surface area contributed by atoms with E-state index in [1.165, 1.54) is 4.88 Å². The molecule has 0 aliphatic rings. The molecule has 0 unspecified atom stereocenters. The molecule has 2 nitrogen and oxygen atoms in total. The summed E-state index contributed by atoms with van der Waals surface area (Å²) in [5, 5.41) is 1.14. The van der Waals surface area contributed by atoms with Crippen molar-refractivity contribution in [2.75, 3.05) is 13.2 Å². The largest absolute Gasteiger partial charge is 0.374 e. The number of carbonyl (C=O) groups excluding carboxylic acids is 1. The van der Waals surface area contributed by atoms with Crippen LogP contribution >= 0.6 is 11.3 Å². The number of ketones is 1. The Hall–Kier alpha value is -1.19. The summed E-state index contributed by atoms with van der Waals surface area (Å²) in [4.78, 5) is 13.1. The van der Waals surface area contributed by atoms with Crippen LogP contribution in [0.15, 0.2) is 24.3 Å². The maximum Gasteiger partial charge on any atom is 0.189 e. The van der Waals surface area contributed by atoms with Gasteiger partial charge in [0.2, 0.25) is 0 Å². The van der Waals surface area contributed by atoms with Crippen molar-refractivity contribution in [2.24, 2.45) is 0 Å². The van der Waals surface area contributed by atoms with Gasteiger partial charge < -0.3 is 4.74 Å². The zero-order chi connectivity index (χ0) is 11.5. The van der Waals surface area contributed by atoms with Crippen molar-refractivity contribution in [3.05, 3.63) is 34.7 Å². The van der Waals surface area contributed by atoms with Crippen molar-refractivity contribution in [3.63, 3.8) is 0 Å². The van der Waals surface area contributed by atoms with E-state index in [4.69, 9.17) is 4.74 Å². The molecule has 0 aliphatic heterocycles. The Labute approximate surface area is 98.9 Å². The third-order valence-corrected chi connectivity index (χ3v) is 3.50. The highest BCUT2D eigenvalue weighted by molar-refractivity contribution is 7.19. The Bertz CT molecular complexity index is 514. The molecule has 3 heteroatoms. The lowest BCUT2D eigenvalue weighted by molar-refractivity contribution is 0.0785. The summed E-state index contributed by atoms with van der Waals surface area (Å²) in [6.07, 6.45) is 0. The maximum atomic E-state index is 11.9. The molecule has 84 valence electrons. The highest BCUT2D eigenvalue weighted by Gasteiger charge is 2.11. The Morgan fingerprint density at radius 1 is 1.44 bits per heavy atom. The van der Waals surface area contributed by atoms with Gasteiger partial charge in [-0.3, -0.25) is 4.79 Å². The smallest absolute Gasteiger partial charge is 0.189 e. The highest BCUT2D eigenvalue weighted by atomic mass is 32.1. The van der Waals surface area contributed by atoms with E-state index in [-0.39, 0.29) is 12.4 Å². The normalized spacial score (nSPS) is 10.9. The van der Waals surface area contributed by atoms with Gasteiger partial charge in [0.1, 0.15) is 6.61 Å². The summed E-state index contributed by atoms with van der Waals surface area (Å²) in [7, 11) is 0. The molecule has 0 saturated carbocycles. The van der Waals surface area contributed by atoms with E-state index < -0.39 is 0 Å². The average molecular weight is 234 g/mol. The first-order valence-electron chi connectivity index (χ1n) is 5.32. The quantitative estimate of drug-likeness (QED) is 0.758. The van der Waals surface area contributed by atoms with Crippen molar-refractivity contribution in [1.82, 2.24) is 0 Å². The first-order chi connectivity index (χ1) is 7.72. The van der Waals surface area contributed by atoms with Crippen LogP contribution in [0.3, 0.4) is 0 Å². The van der Waals surface area contributed by atoms with E-state index in [1.807, 2.05) is 25.1 Å². The second-order valence-corrected chi connectivity index (χ2v) is 4.90. The molecule has 0 spiro atoms. The van der Waals surface area contributed by atoms with Crippen molar-refractivity contribution < 1.29 is 9.53 Å². The molecular weight excluding hydrogens is 220 g/mol. The van der Waals surface area contributed by atoms with Crippen molar-refractivity contribution in [2.45, 2.75) is 13.8 Å². The lowest BCUT2D eigenvalue weighted by Crippen LogP contribution is -2.08. The fourth-order valence-corrected chi connectivity index (χ4v) is 2.73. The summed E-state index contributed by atoms with van der Waals surface area (Å²) in [5.74, 6) is 0.0642. The monoisotopic (exact) mass is 234 g/mol. The van der Waals surface area contributed by atoms with Crippen LogP contribution in [0, 0.1) is 6.92 Å². The van der Waals surface area contributed by atoms with Crippen LogP contribution in [0.2, 0.25) is 0 Å².